The van der Waals surface area contributed by atoms with Gasteiger partial charge in [-0.25, -0.2) is 9.99 Å². The van der Waals surface area contributed by atoms with E-state index in [2.05, 4.69) is 61.8 Å². The number of likely N-dealkylation sites (N-methyl/N-ethyl adjacent to an activating group) is 1. The lowest BCUT2D eigenvalue weighted by molar-refractivity contribution is 0.0662. The Kier molecular flexibility index (Phi) is 8.57. The Morgan fingerprint density at radius 3 is 2.59 bits per heavy atom. The monoisotopic (exact) mass is 598 g/mol. The zero-order valence-corrected chi connectivity index (χ0v) is 25.5. The highest BCUT2D eigenvalue weighted by Gasteiger charge is 2.34. The van der Waals surface area contributed by atoms with Crippen molar-refractivity contribution in [1.29, 1.82) is 0 Å². The van der Waals surface area contributed by atoms with E-state index in [-0.39, 0.29) is 11.9 Å². The van der Waals surface area contributed by atoms with Crippen molar-refractivity contribution in [3.05, 3.63) is 71.9 Å². The van der Waals surface area contributed by atoms with Crippen molar-refractivity contribution >= 4 is 23.4 Å². The van der Waals surface area contributed by atoms with Crippen LogP contribution >= 0.6 is 0 Å². The fraction of sp³-hybridized carbons (Fsp3) is 0.387. The van der Waals surface area contributed by atoms with Crippen LogP contribution in [0.1, 0.15) is 48.1 Å². The molecule has 2 aromatic heterocycles. The molecule has 1 saturated heterocycles. The van der Waals surface area contributed by atoms with E-state index in [1.54, 1.807) is 31.8 Å². The molecule has 0 saturated carbocycles. The molecular formula is C31H38N10O3. The lowest BCUT2D eigenvalue weighted by Gasteiger charge is -2.37. The normalized spacial score (nSPS) is 16.6. The average Bonchev–Trinajstić information content (AvgIpc) is 3.53. The van der Waals surface area contributed by atoms with E-state index in [1.807, 2.05) is 34.7 Å². The van der Waals surface area contributed by atoms with Gasteiger partial charge in [0, 0.05) is 38.3 Å². The summed E-state index contributed by atoms with van der Waals surface area (Å²) in [6.07, 6.45) is 4.29. The molecule has 44 heavy (non-hydrogen) atoms. The Labute approximate surface area is 256 Å². The third-order valence-corrected chi connectivity index (χ3v) is 7.98. The first-order valence-corrected chi connectivity index (χ1v) is 14.9. The van der Waals surface area contributed by atoms with Crippen LogP contribution in [0.5, 0.6) is 11.5 Å². The smallest absolute Gasteiger partial charge is 0.265 e. The molecule has 0 bridgehead atoms. The molecule has 0 radical (unpaired) electrons. The molecule has 1 fully saturated rings. The number of piperazine rings is 1. The molecule has 0 aliphatic carbocycles. The first-order chi connectivity index (χ1) is 21.5. The van der Waals surface area contributed by atoms with Crippen molar-refractivity contribution in [2.24, 2.45) is 0 Å². The second kappa shape index (κ2) is 12.9. The number of rotatable bonds is 10. The predicted molar refractivity (Wildman–Crippen MR) is 167 cm³/mol. The van der Waals surface area contributed by atoms with Crippen molar-refractivity contribution in [2.75, 3.05) is 57.2 Å². The summed E-state index contributed by atoms with van der Waals surface area (Å²) in [4.78, 5) is 27.1. The first-order valence-electron chi connectivity index (χ1n) is 14.9. The van der Waals surface area contributed by atoms with E-state index in [4.69, 9.17) is 14.5 Å². The summed E-state index contributed by atoms with van der Waals surface area (Å²) in [5.41, 5.74) is 6.07. The summed E-state index contributed by atoms with van der Waals surface area (Å²) in [7, 11) is 3.66. The molecule has 2 aliphatic rings. The van der Waals surface area contributed by atoms with Crippen LogP contribution in [0.3, 0.4) is 0 Å². The minimum absolute atomic E-state index is 0.0352. The van der Waals surface area contributed by atoms with E-state index in [1.165, 1.54) is 0 Å². The summed E-state index contributed by atoms with van der Waals surface area (Å²) in [5, 5.41) is 13.9. The Hall–Kier alpha value is -4.75. The number of anilines is 3. The first kappa shape index (κ1) is 29.3. The highest BCUT2D eigenvalue weighted by molar-refractivity contribution is 5.95. The number of fused-ring (bicyclic) bond motifs is 3. The lowest BCUT2D eigenvalue weighted by Crippen LogP contribution is -2.52. The quantitative estimate of drug-likeness (QED) is 0.278. The summed E-state index contributed by atoms with van der Waals surface area (Å²) >= 11 is 0. The molecule has 1 atom stereocenters. The minimum atomic E-state index is -0.176. The van der Waals surface area contributed by atoms with Gasteiger partial charge >= 0.3 is 0 Å². The van der Waals surface area contributed by atoms with Crippen LogP contribution in [-0.4, -0.2) is 87.5 Å². The van der Waals surface area contributed by atoms with Crippen LogP contribution in [0.2, 0.25) is 0 Å². The average molecular weight is 599 g/mol. The largest absolute Gasteiger partial charge is 0.495 e. The molecule has 0 spiro atoms. The van der Waals surface area contributed by atoms with Gasteiger partial charge in [0.05, 0.1) is 31.6 Å². The number of methoxy groups -OCH3 is 1. The molecule has 13 nitrogen and oxygen atoms in total. The summed E-state index contributed by atoms with van der Waals surface area (Å²) in [6, 6.07) is 13.4. The van der Waals surface area contributed by atoms with Crippen molar-refractivity contribution < 1.29 is 14.3 Å². The van der Waals surface area contributed by atoms with Gasteiger partial charge in [0.1, 0.15) is 23.5 Å². The standard InChI is InChI=1S/C31H38N10O3/c1-5-25-29-36-33-20-41(29)26-18-32-31(35-28(26)40(25)19-21-7-10-23(11-8-21)44-6-2)34-24-12-9-22(17-27(24)43-4)30(42)37-39-15-13-38(3)14-16-39/h7-12,17-18,20,25H,5-6,13-16,19H2,1-4H3,(H,37,42)(H,32,34,35)/t25-/m1/s1. The maximum absolute atomic E-state index is 13.0. The highest BCUT2D eigenvalue weighted by Crippen LogP contribution is 2.39. The SMILES string of the molecule is CCOc1ccc(CN2c3nc(Nc4ccc(C(=O)NN5CCN(C)CC5)cc4OC)ncc3-n3cnnc3[C@H]2CC)cc1. The second-order valence-electron chi connectivity index (χ2n) is 10.9. The molecule has 4 aromatic rings. The van der Waals surface area contributed by atoms with Crippen LogP contribution in [0.15, 0.2) is 55.0 Å². The zero-order valence-electron chi connectivity index (χ0n) is 25.5. The topological polar surface area (TPSA) is 126 Å². The van der Waals surface area contributed by atoms with Crippen LogP contribution in [-0.2, 0) is 6.54 Å². The van der Waals surface area contributed by atoms with Crippen LogP contribution in [0.25, 0.3) is 5.69 Å². The van der Waals surface area contributed by atoms with Gasteiger partial charge in [0.25, 0.3) is 5.91 Å². The van der Waals surface area contributed by atoms with Gasteiger partial charge in [-0.3, -0.25) is 14.8 Å². The van der Waals surface area contributed by atoms with E-state index in [9.17, 15) is 4.79 Å². The molecular weight excluding hydrogens is 560 g/mol. The molecule has 1 amide bonds. The van der Waals surface area contributed by atoms with Gasteiger partial charge in [-0.15, -0.1) is 10.2 Å². The van der Waals surface area contributed by atoms with Gasteiger partial charge in [0.15, 0.2) is 11.6 Å². The molecule has 230 valence electrons. The molecule has 0 unspecified atom stereocenters. The van der Waals surface area contributed by atoms with Gasteiger partial charge in [-0.1, -0.05) is 19.1 Å². The van der Waals surface area contributed by atoms with Crippen LogP contribution < -0.4 is 25.1 Å². The molecule has 2 aromatic carbocycles. The number of nitrogens with one attached hydrogen (secondary N) is 2. The van der Waals surface area contributed by atoms with E-state index in [0.29, 0.717) is 36.1 Å². The Balaban J connectivity index is 1.26. The fourth-order valence-electron chi connectivity index (χ4n) is 5.58. The minimum Gasteiger partial charge on any atom is -0.495 e. The summed E-state index contributed by atoms with van der Waals surface area (Å²) < 4.78 is 13.3. The van der Waals surface area contributed by atoms with E-state index >= 15 is 0 Å². The maximum Gasteiger partial charge on any atom is 0.265 e. The van der Waals surface area contributed by atoms with Crippen LogP contribution in [0, 0.1) is 0 Å². The van der Waals surface area contributed by atoms with E-state index < -0.39 is 0 Å². The van der Waals surface area contributed by atoms with E-state index in [0.717, 1.165) is 61.2 Å². The van der Waals surface area contributed by atoms with Crippen molar-refractivity contribution in [1.82, 2.24) is 40.1 Å². The van der Waals surface area contributed by atoms with Crippen molar-refractivity contribution in [3.8, 4) is 17.2 Å². The number of carbonyl (C=O) groups excluding carboxylic acids is 1. The molecule has 2 aliphatic heterocycles. The Morgan fingerprint density at radius 2 is 1.86 bits per heavy atom. The van der Waals surface area contributed by atoms with Gasteiger partial charge < -0.3 is 24.6 Å². The molecule has 13 heteroatoms. The predicted octanol–water partition coefficient (Wildman–Crippen LogP) is 3.57. The zero-order chi connectivity index (χ0) is 30.6. The summed E-state index contributed by atoms with van der Waals surface area (Å²) in [6.45, 7) is 8.71. The maximum atomic E-state index is 13.0. The second-order valence-corrected chi connectivity index (χ2v) is 10.9. The van der Waals surface area contributed by atoms with Gasteiger partial charge in [0.2, 0.25) is 5.95 Å². The number of aromatic nitrogens is 5. The third kappa shape index (κ3) is 6.01. The Bertz CT molecular complexity index is 1600. The molecule has 2 N–H and O–H groups in total. The highest BCUT2D eigenvalue weighted by atomic mass is 16.5. The lowest BCUT2D eigenvalue weighted by atomic mass is 10.1. The number of benzene rings is 2. The number of hydrazine groups is 1. The van der Waals surface area contributed by atoms with Crippen molar-refractivity contribution in [2.45, 2.75) is 32.9 Å². The van der Waals surface area contributed by atoms with Gasteiger partial charge in [-0.2, -0.15) is 4.98 Å². The number of hydrogen-bond donors (Lipinski definition) is 2. The molecule has 6 rings (SSSR count). The van der Waals surface area contributed by atoms with Crippen molar-refractivity contribution in [3.63, 3.8) is 0 Å². The molecule has 4 heterocycles. The number of nitrogens with zero attached hydrogens (tertiary/aromatic N) is 8. The third-order valence-electron chi connectivity index (χ3n) is 7.98. The Morgan fingerprint density at radius 1 is 1.07 bits per heavy atom. The number of amides is 1. The van der Waals surface area contributed by atoms with Gasteiger partial charge in [-0.05, 0) is 56.3 Å². The number of ether oxygens (including phenoxy) is 2. The van der Waals surface area contributed by atoms with Crippen LogP contribution in [0.4, 0.5) is 17.5 Å². The summed E-state index contributed by atoms with van der Waals surface area (Å²) in [5.74, 6) is 3.19. The number of carbonyl (C=O) groups is 1. The fourth-order valence-corrected chi connectivity index (χ4v) is 5.58. The number of hydrogen-bond acceptors (Lipinski definition) is 11.